The van der Waals surface area contributed by atoms with Crippen LogP contribution in [0.15, 0.2) is 12.2 Å². The maximum absolute atomic E-state index is 12.9. The number of rotatable bonds is 66. The Morgan fingerprint density at radius 1 is 0.247 bits per heavy atom. The molecule has 6 nitrogen and oxygen atoms in total. The van der Waals surface area contributed by atoms with Gasteiger partial charge in [-0.15, -0.1) is 0 Å². The third-order valence-electron chi connectivity index (χ3n) is 16.3. The van der Waals surface area contributed by atoms with Crippen LogP contribution in [-0.4, -0.2) is 37.2 Å². The Morgan fingerprint density at radius 2 is 0.429 bits per heavy atom. The molecule has 0 rings (SSSR count). The fourth-order valence-corrected chi connectivity index (χ4v) is 11.0. The minimum atomic E-state index is -0.765. The summed E-state index contributed by atoms with van der Waals surface area (Å²) in [5.74, 6) is -0.825. The van der Waals surface area contributed by atoms with Crippen molar-refractivity contribution in [2.24, 2.45) is 0 Å². The first-order chi connectivity index (χ1) is 38.0. The maximum Gasteiger partial charge on any atom is 0.306 e. The summed E-state index contributed by atoms with van der Waals surface area (Å²) in [5.41, 5.74) is 0. The molecular weight excluding hydrogens is 949 g/mol. The van der Waals surface area contributed by atoms with Crippen molar-refractivity contribution in [3.05, 3.63) is 12.2 Å². The van der Waals surface area contributed by atoms with E-state index in [1.54, 1.807) is 0 Å². The quantitative estimate of drug-likeness (QED) is 0.0261. The standard InChI is InChI=1S/C71H136O6/c1-4-7-10-13-16-19-22-25-28-30-31-32-33-34-35-36-37-38-39-41-43-46-49-52-55-58-61-64-70(73)76-67-68(66-75-69(72)63-60-57-54-51-48-45-42-27-24-21-18-15-12-9-6-3)77-71(74)65-62-59-56-53-50-47-44-40-29-26-23-20-17-14-11-8-5-2/h30-31,68H,4-29,32-67H2,1-3H3/b31-30-. The Balaban J connectivity index is 4.20. The number of unbranched alkanes of at least 4 members (excludes halogenated alkanes) is 53. The second-order valence-corrected chi connectivity index (χ2v) is 24.2. The van der Waals surface area contributed by atoms with E-state index in [4.69, 9.17) is 14.2 Å². The first kappa shape index (κ1) is 75.2. The van der Waals surface area contributed by atoms with Crippen LogP contribution in [0.1, 0.15) is 406 Å². The van der Waals surface area contributed by atoms with Gasteiger partial charge in [0.25, 0.3) is 0 Å². The second kappa shape index (κ2) is 66.7. The smallest absolute Gasteiger partial charge is 0.306 e. The lowest BCUT2D eigenvalue weighted by atomic mass is 10.0. The summed E-state index contributed by atoms with van der Waals surface area (Å²) in [4.78, 5) is 38.4. The van der Waals surface area contributed by atoms with E-state index >= 15 is 0 Å². The van der Waals surface area contributed by atoms with Gasteiger partial charge in [0, 0.05) is 19.3 Å². The molecule has 0 N–H and O–H groups in total. The van der Waals surface area contributed by atoms with Gasteiger partial charge in [0.15, 0.2) is 6.10 Å². The van der Waals surface area contributed by atoms with E-state index < -0.39 is 6.10 Å². The molecule has 0 spiro atoms. The average Bonchev–Trinajstić information content (AvgIpc) is 3.43. The molecule has 0 aliphatic rings. The second-order valence-electron chi connectivity index (χ2n) is 24.2. The molecular formula is C71H136O6. The van der Waals surface area contributed by atoms with Crippen molar-refractivity contribution >= 4 is 17.9 Å². The van der Waals surface area contributed by atoms with Crippen LogP contribution >= 0.6 is 0 Å². The van der Waals surface area contributed by atoms with Gasteiger partial charge in [-0.2, -0.15) is 0 Å². The maximum atomic E-state index is 12.9. The van der Waals surface area contributed by atoms with Crippen molar-refractivity contribution in [3.8, 4) is 0 Å². The van der Waals surface area contributed by atoms with E-state index in [0.717, 1.165) is 57.8 Å². The molecule has 456 valence electrons. The molecule has 0 aromatic rings. The van der Waals surface area contributed by atoms with Crippen molar-refractivity contribution in [2.45, 2.75) is 412 Å². The zero-order chi connectivity index (χ0) is 55.7. The fraction of sp³-hybridized carbons (Fsp3) is 0.930. The first-order valence-electron chi connectivity index (χ1n) is 35.2. The molecule has 0 aliphatic heterocycles. The normalized spacial score (nSPS) is 12.0. The molecule has 0 fully saturated rings. The van der Waals surface area contributed by atoms with E-state index in [1.165, 1.54) is 308 Å². The van der Waals surface area contributed by atoms with Crippen molar-refractivity contribution in [3.63, 3.8) is 0 Å². The molecule has 1 atom stereocenters. The zero-order valence-electron chi connectivity index (χ0n) is 52.5. The molecule has 0 bridgehead atoms. The predicted molar refractivity (Wildman–Crippen MR) is 335 cm³/mol. The summed E-state index contributed by atoms with van der Waals surface area (Å²) >= 11 is 0. The van der Waals surface area contributed by atoms with E-state index in [-0.39, 0.29) is 31.1 Å². The third kappa shape index (κ3) is 64.9. The number of ether oxygens (including phenoxy) is 3. The van der Waals surface area contributed by atoms with Crippen LogP contribution in [0.5, 0.6) is 0 Å². The van der Waals surface area contributed by atoms with Crippen molar-refractivity contribution < 1.29 is 28.6 Å². The SMILES string of the molecule is CCCCCCCCCC/C=C\CCCCCCCCCCCCCCCCCC(=O)OCC(COC(=O)CCCCCCCCCCCCCCCCC)OC(=O)CCCCCCCCCCCCCCCCCCC. The van der Waals surface area contributed by atoms with Crippen LogP contribution in [0.4, 0.5) is 0 Å². The molecule has 0 amide bonds. The van der Waals surface area contributed by atoms with Gasteiger partial charge in [-0.05, 0) is 44.9 Å². The molecule has 0 saturated carbocycles. The highest BCUT2D eigenvalue weighted by Crippen LogP contribution is 2.19. The van der Waals surface area contributed by atoms with Gasteiger partial charge in [0.2, 0.25) is 0 Å². The fourth-order valence-electron chi connectivity index (χ4n) is 11.0. The van der Waals surface area contributed by atoms with Gasteiger partial charge >= 0.3 is 17.9 Å². The largest absolute Gasteiger partial charge is 0.462 e. The Labute approximate surface area is 481 Å². The molecule has 77 heavy (non-hydrogen) atoms. The summed E-state index contributed by atoms with van der Waals surface area (Å²) in [6, 6.07) is 0. The van der Waals surface area contributed by atoms with Gasteiger partial charge in [0.05, 0.1) is 0 Å². The highest BCUT2D eigenvalue weighted by Gasteiger charge is 2.19. The number of hydrogen-bond donors (Lipinski definition) is 0. The van der Waals surface area contributed by atoms with Crippen LogP contribution in [0.2, 0.25) is 0 Å². The van der Waals surface area contributed by atoms with Crippen LogP contribution < -0.4 is 0 Å². The minimum Gasteiger partial charge on any atom is -0.462 e. The van der Waals surface area contributed by atoms with Crippen molar-refractivity contribution in [1.29, 1.82) is 0 Å². The van der Waals surface area contributed by atoms with Crippen molar-refractivity contribution in [1.82, 2.24) is 0 Å². The van der Waals surface area contributed by atoms with Gasteiger partial charge in [-0.25, -0.2) is 0 Å². The topological polar surface area (TPSA) is 78.9 Å². The molecule has 0 aromatic heterocycles. The molecule has 0 saturated heterocycles. The zero-order valence-corrected chi connectivity index (χ0v) is 52.5. The lowest BCUT2D eigenvalue weighted by Crippen LogP contribution is -2.30. The molecule has 0 aliphatic carbocycles. The van der Waals surface area contributed by atoms with Gasteiger partial charge < -0.3 is 14.2 Å². The predicted octanol–water partition coefficient (Wildman–Crippen LogP) is 24.0. The average molecular weight is 1090 g/mol. The van der Waals surface area contributed by atoms with Gasteiger partial charge in [-0.3, -0.25) is 14.4 Å². The first-order valence-corrected chi connectivity index (χ1v) is 35.2. The molecule has 0 aromatic carbocycles. The highest BCUT2D eigenvalue weighted by atomic mass is 16.6. The monoisotopic (exact) mass is 1090 g/mol. The Kier molecular flexibility index (Phi) is 65.1. The lowest BCUT2D eigenvalue weighted by Gasteiger charge is -2.18. The number of carbonyl (C=O) groups is 3. The summed E-state index contributed by atoms with van der Waals surface area (Å²) in [6.07, 6.45) is 79.5. The van der Waals surface area contributed by atoms with E-state index in [2.05, 4.69) is 32.9 Å². The summed E-state index contributed by atoms with van der Waals surface area (Å²) in [7, 11) is 0. The Bertz CT molecular complexity index is 1200. The number of hydrogen-bond acceptors (Lipinski definition) is 6. The number of allylic oxidation sites excluding steroid dienone is 2. The Hall–Kier alpha value is -1.85. The lowest BCUT2D eigenvalue weighted by molar-refractivity contribution is -0.167. The van der Waals surface area contributed by atoms with Crippen LogP contribution in [0, 0.1) is 0 Å². The summed E-state index contributed by atoms with van der Waals surface area (Å²) in [6.45, 7) is 6.73. The van der Waals surface area contributed by atoms with Gasteiger partial charge in [-0.1, -0.05) is 354 Å². The van der Waals surface area contributed by atoms with Crippen LogP contribution in [0.25, 0.3) is 0 Å². The molecule has 0 radical (unpaired) electrons. The van der Waals surface area contributed by atoms with E-state index in [9.17, 15) is 14.4 Å². The third-order valence-corrected chi connectivity index (χ3v) is 16.3. The Morgan fingerprint density at radius 3 is 0.649 bits per heavy atom. The molecule has 0 heterocycles. The van der Waals surface area contributed by atoms with E-state index in [1.807, 2.05) is 0 Å². The van der Waals surface area contributed by atoms with Gasteiger partial charge in [0.1, 0.15) is 13.2 Å². The highest BCUT2D eigenvalue weighted by molar-refractivity contribution is 5.71. The van der Waals surface area contributed by atoms with Crippen LogP contribution in [0.3, 0.4) is 0 Å². The number of carbonyl (C=O) groups excluding carboxylic acids is 3. The molecule has 6 heteroatoms. The van der Waals surface area contributed by atoms with E-state index in [0.29, 0.717) is 19.3 Å². The molecule has 1 unspecified atom stereocenters. The number of esters is 3. The van der Waals surface area contributed by atoms with Crippen molar-refractivity contribution in [2.75, 3.05) is 13.2 Å². The van der Waals surface area contributed by atoms with Crippen LogP contribution in [-0.2, 0) is 28.6 Å². The summed E-state index contributed by atoms with van der Waals surface area (Å²) in [5, 5.41) is 0. The minimum absolute atomic E-state index is 0.0621. The summed E-state index contributed by atoms with van der Waals surface area (Å²) < 4.78 is 17.0.